The molecule has 1 heterocycles. The zero-order chi connectivity index (χ0) is 19.2. The van der Waals surface area contributed by atoms with Crippen molar-refractivity contribution in [2.24, 2.45) is 4.99 Å². The van der Waals surface area contributed by atoms with E-state index in [2.05, 4.69) is 82.6 Å². The number of aliphatic imine (C=N–C) groups is 1. The molecule has 142 valence electrons. The van der Waals surface area contributed by atoms with Gasteiger partial charge in [-0.3, -0.25) is 4.99 Å². The molecule has 27 heavy (non-hydrogen) atoms. The van der Waals surface area contributed by atoms with Gasteiger partial charge in [-0.1, -0.05) is 40.2 Å². The Morgan fingerprint density at radius 1 is 1.26 bits per heavy atom. The molecule has 0 aromatic heterocycles. The number of benzene rings is 2. The highest BCUT2D eigenvalue weighted by Crippen LogP contribution is 2.28. The predicted octanol–water partition coefficient (Wildman–Crippen LogP) is 5.32. The van der Waals surface area contributed by atoms with E-state index in [1.54, 1.807) is 0 Å². The third kappa shape index (κ3) is 4.62. The molecule has 1 aliphatic heterocycles. The smallest absolute Gasteiger partial charge is 0.128 e. The van der Waals surface area contributed by atoms with Gasteiger partial charge in [0, 0.05) is 22.1 Å². The van der Waals surface area contributed by atoms with Crippen LogP contribution in [0.15, 0.2) is 45.9 Å². The van der Waals surface area contributed by atoms with Crippen LogP contribution in [-0.2, 0) is 12.8 Å². The number of aryl methyl sites for hydroxylation is 1. The maximum atomic E-state index is 5.94. The van der Waals surface area contributed by atoms with E-state index in [1.165, 1.54) is 27.8 Å². The Labute approximate surface area is 170 Å². The average Bonchev–Trinajstić information content (AvgIpc) is 3.19. The Balaban J connectivity index is 1.94. The van der Waals surface area contributed by atoms with Gasteiger partial charge in [-0.15, -0.1) is 0 Å². The zero-order valence-electron chi connectivity index (χ0n) is 16.3. The van der Waals surface area contributed by atoms with Gasteiger partial charge in [0.1, 0.15) is 11.6 Å². The van der Waals surface area contributed by atoms with Gasteiger partial charge in [0.05, 0.1) is 13.2 Å². The Kier molecular flexibility index (Phi) is 6.73. The third-order valence-electron chi connectivity index (χ3n) is 4.87. The van der Waals surface area contributed by atoms with Crippen molar-refractivity contribution in [3.8, 4) is 5.75 Å². The van der Waals surface area contributed by atoms with Gasteiger partial charge in [0.25, 0.3) is 0 Å². The summed E-state index contributed by atoms with van der Waals surface area (Å²) in [6.45, 7) is 8.70. The number of rotatable bonds is 7. The highest BCUT2D eigenvalue weighted by atomic mass is 79.9. The minimum absolute atomic E-state index is 0.664. The number of nitrogens with zero attached hydrogens (tertiary/aromatic N) is 1. The summed E-state index contributed by atoms with van der Waals surface area (Å²) >= 11 is 3.66. The summed E-state index contributed by atoms with van der Waals surface area (Å²) in [4.78, 5) is 4.63. The molecule has 1 aliphatic rings. The van der Waals surface area contributed by atoms with Crippen LogP contribution in [0.1, 0.15) is 41.7 Å². The van der Waals surface area contributed by atoms with E-state index in [-0.39, 0.29) is 0 Å². The molecule has 2 aromatic carbocycles. The SMILES string of the molecule is C/C=C\c1cc(Br)cc(CCc2c(OCC)cccc2C2=NCCN2)c1C. The number of halogens is 1. The number of hydrogen-bond donors (Lipinski definition) is 1. The van der Waals surface area contributed by atoms with Crippen molar-refractivity contribution in [1.82, 2.24) is 5.32 Å². The van der Waals surface area contributed by atoms with Crippen LogP contribution >= 0.6 is 15.9 Å². The molecular formula is C23H27BrN2O. The predicted molar refractivity (Wildman–Crippen MR) is 118 cm³/mol. The van der Waals surface area contributed by atoms with Crippen LogP contribution in [0.5, 0.6) is 5.75 Å². The Morgan fingerprint density at radius 3 is 2.81 bits per heavy atom. The zero-order valence-corrected chi connectivity index (χ0v) is 17.9. The lowest BCUT2D eigenvalue weighted by atomic mass is 9.94. The lowest BCUT2D eigenvalue weighted by Gasteiger charge is -2.17. The van der Waals surface area contributed by atoms with Gasteiger partial charge in [-0.05, 0) is 68.5 Å². The van der Waals surface area contributed by atoms with Crippen LogP contribution < -0.4 is 10.1 Å². The molecular weight excluding hydrogens is 400 g/mol. The van der Waals surface area contributed by atoms with E-state index in [0.717, 1.165) is 42.0 Å². The molecule has 0 saturated heterocycles. The van der Waals surface area contributed by atoms with Crippen molar-refractivity contribution < 1.29 is 4.74 Å². The Bertz CT molecular complexity index is 871. The standard InChI is InChI=1S/C23H27BrN2O/c1-4-7-17-14-19(24)15-18(16(17)3)10-11-20-21(23-25-12-13-26-23)8-6-9-22(20)27-5-2/h4,6-9,14-15H,5,10-13H2,1-3H3,(H,25,26)/b7-4-. The number of amidine groups is 1. The van der Waals surface area contributed by atoms with Crippen LogP contribution in [0.25, 0.3) is 6.08 Å². The molecule has 0 radical (unpaired) electrons. The summed E-state index contributed by atoms with van der Waals surface area (Å²) in [6.07, 6.45) is 6.13. The molecule has 2 aromatic rings. The maximum Gasteiger partial charge on any atom is 0.128 e. The number of ether oxygens (including phenoxy) is 1. The van der Waals surface area contributed by atoms with E-state index in [9.17, 15) is 0 Å². The summed E-state index contributed by atoms with van der Waals surface area (Å²) < 4.78 is 7.06. The second-order valence-electron chi connectivity index (χ2n) is 6.65. The summed E-state index contributed by atoms with van der Waals surface area (Å²) in [5, 5.41) is 3.40. The van der Waals surface area contributed by atoms with Crippen LogP contribution in [-0.4, -0.2) is 25.5 Å². The van der Waals surface area contributed by atoms with Crippen molar-refractivity contribution in [2.75, 3.05) is 19.7 Å². The van der Waals surface area contributed by atoms with Crippen molar-refractivity contribution >= 4 is 27.8 Å². The second-order valence-corrected chi connectivity index (χ2v) is 7.57. The summed E-state index contributed by atoms with van der Waals surface area (Å²) in [5.41, 5.74) is 6.36. The topological polar surface area (TPSA) is 33.6 Å². The van der Waals surface area contributed by atoms with Gasteiger partial charge in [-0.2, -0.15) is 0 Å². The first-order chi connectivity index (χ1) is 13.1. The first-order valence-corrected chi connectivity index (χ1v) is 10.4. The molecule has 0 atom stereocenters. The molecule has 0 unspecified atom stereocenters. The van der Waals surface area contributed by atoms with Gasteiger partial charge < -0.3 is 10.1 Å². The lowest BCUT2D eigenvalue weighted by molar-refractivity contribution is 0.336. The van der Waals surface area contributed by atoms with Crippen LogP contribution in [0.2, 0.25) is 0 Å². The van der Waals surface area contributed by atoms with E-state index >= 15 is 0 Å². The van der Waals surface area contributed by atoms with E-state index in [0.29, 0.717) is 6.61 Å². The maximum absolute atomic E-state index is 5.94. The fourth-order valence-corrected chi connectivity index (χ4v) is 4.07. The van der Waals surface area contributed by atoms with Crippen LogP contribution in [0.4, 0.5) is 0 Å². The Hall–Kier alpha value is -2.07. The van der Waals surface area contributed by atoms with Gasteiger partial charge >= 0.3 is 0 Å². The highest BCUT2D eigenvalue weighted by molar-refractivity contribution is 9.10. The minimum Gasteiger partial charge on any atom is -0.494 e. The first kappa shape index (κ1) is 19.7. The average molecular weight is 427 g/mol. The van der Waals surface area contributed by atoms with Crippen molar-refractivity contribution in [2.45, 2.75) is 33.6 Å². The van der Waals surface area contributed by atoms with Gasteiger partial charge in [-0.25, -0.2) is 0 Å². The lowest BCUT2D eigenvalue weighted by Crippen LogP contribution is -2.21. The van der Waals surface area contributed by atoms with Crippen molar-refractivity contribution in [3.05, 3.63) is 68.7 Å². The molecule has 3 rings (SSSR count). The molecule has 3 nitrogen and oxygen atoms in total. The van der Waals surface area contributed by atoms with E-state index < -0.39 is 0 Å². The highest BCUT2D eigenvalue weighted by Gasteiger charge is 2.17. The second kappa shape index (κ2) is 9.23. The van der Waals surface area contributed by atoms with Gasteiger partial charge in [0.2, 0.25) is 0 Å². The van der Waals surface area contributed by atoms with Crippen molar-refractivity contribution in [1.29, 1.82) is 0 Å². The van der Waals surface area contributed by atoms with E-state index in [4.69, 9.17) is 4.74 Å². The largest absolute Gasteiger partial charge is 0.494 e. The molecule has 4 heteroatoms. The molecule has 0 amide bonds. The summed E-state index contributed by atoms with van der Waals surface area (Å²) in [5.74, 6) is 1.96. The molecule has 1 N–H and O–H groups in total. The molecule has 0 aliphatic carbocycles. The van der Waals surface area contributed by atoms with E-state index in [1.807, 2.05) is 6.92 Å². The third-order valence-corrected chi connectivity index (χ3v) is 5.33. The molecule has 0 fully saturated rings. The first-order valence-electron chi connectivity index (χ1n) is 9.59. The molecule has 0 spiro atoms. The molecule has 0 saturated carbocycles. The van der Waals surface area contributed by atoms with Crippen molar-refractivity contribution in [3.63, 3.8) is 0 Å². The number of nitrogens with one attached hydrogen (secondary N) is 1. The normalized spacial score (nSPS) is 13.7. The summed E-state index contributed by atoms with van der Waals surface area (Å²) in [6, 6.07) is 10.7. The fourth-order valence-electron chi connectivity index (χ4n) is 3.54. The number of allylic oxidation sites excluding steroid dienone is 1. The minimum atomic E-state index is 0.664. The van der Waals surface area contributed by atoms with Crippen LogP contribution in [0, 0.1) is 6.92 Å². The fraction of sp³-hybridized carbons (Fsp3) is 0.348. The monoisotopic (exact) mass is 426 g/mol. The van der Waals surface area contributed by atoms with Gasteiger partial charge in [0.15, 0.2) is 0 Å². The Morgan fingerprint density at radius 2 is 2.11 bits per heavy atom. The quantitative estimate of drug-likeness (QED) is 0.649. The summed E-state index contributed by atoms with van der Waals surface area (Å²) in [7, 11) is 0. The number of hydrogen-bond acceptors (Lipinski definition) is 3. The van der Waals surface area contributed by atoms with Crippen LogP contribution in [0.3, 0.4) is 0 Å². The molecule has 0 bridgehead atoms.